The van der Waals surface area contributed by atoms with Gasteiger partial charge in [-0.3, -0.25) is 0 Å². The van der Waals surface area contributed by atoms with E-state index in [1.165, 1.54) is 75.8 Å². The zero-order valence-electron chi connectivity index (χ0n) is 38.1. The summed E-state index contributed by atoms with van der Waals surface area (Å²) in [4.78, 5) is 2.51. The van der Waals surface area contributed by atoms with Gasteiger partial charge < -0.3 is 9.32 Å². The van der Waals surface area contributed by atoms with Crippen LogP contribution in [-0.4, -0.2) is 0 Å². The molecule has 0 spiro atoms. The number of nitrogens with zero attached hydrogens (tertiary/aromatic N) is 1. The molecule has 0 saturated carbocycles. The summed E-state index contributed by atoms with van der Waals surface area (Å²) >= 11 is 1.86. The molecule has 0 N–H and O–H groups in total. The number of fused-ring (bicyclic) bond motifs is 9. The Morgan fingerprint density at radius 1 is 0.329 bits per heavy atom. The third-order valence-corrected chi connectivity index (χ3v) is 15.7. The summed E-state index contributed by atoms with van der Waals surface area (Å²) in [6.45, 7) is 0. The van der Waals surface area contributed by atoms with E-state index in [9.17, 15) is 0 Å². The molecule has 14 rings (SSSR count). The maximum atomic E-state index is 6.70. The highest BCUT2D eigenvalue weighted by atomic mass is 32.1. The number of hydrogen-bond donors (Lipinski definition) is 0. The van der Waals surface area contributed by atoms with Crippen LogP contribution < -0.4 is 4.90 Å². The van der Waals surface area contributed by atoms with Crippen LogP contribution in [0, 0.1) is 0 Å². The fraction of sp³-hybridized carbons (Fsp3) is 0.0149. The van der Waals surface area contributed by atoms with Gasteiger partial charge >= 0.3 is 0 Å². The highest BCUT2D eigenvalue weighted by Gasteiger charge is 2.48. The fourth-order valence-electron chi connectivity index (χ4n) is 11.6. The first kappa shape index (κ1) is 40.3. The molecule has 11 aromatic carbocycles. The van der Waals surface area contributed by atoms with Crippen molar-refractivity contribution in [2.75, 3.05) is 4.90 Å². The monoisotopic (exact) mass is 909 g/mol. The minimum atomic E-state index is -0.695. The van der Waals surface area contributed by atoms with Crippen LogP contribution in [0.5, 0.6) is 0 Å². The van der Waals surface area contributed by atoms with Crippen LogP contribution >= 0.6 is 11.3 Å². The largest absolute Gasteiger partial charge is 0.456 e. The van der Waals surface area contributed by atoms with Crippen molar-refractivity contribution in [1.82, 2.24) is 0 Å². The molecule has 0 unspecified atom stereocenters. The predicted octanol–water partition coefficient (Wildman–Crippen LogP) is 18.8. The molecule has 1 aliphatic rings. The summed E-state index contributed by atoms with van der Waals surface area (Å²) in [7, 11) is 0. The lowest BCUT2D eigenvalue weighted by atomic mass is 9.66. The Labute approximate surface area is 410 Å². The molecule has 0 fully saturated rings. The van der Waals surface area contributed by atoms with Gasteiger partial charge in [-0.25, -0.2) is 0 Å². The average Bonchev–Trinajstić information content (AvgIpc) is 4.10. The lowest BCUT2D eigenvalue weighted by Gasteiger charge is -2.38. The van der Waals surface area contributed by atoms with Crippen molar-refractivity contribution in [3.63, 3.8) is 0 Å². The van der Waals surface area contributed by atoms with Gasteiger partial charge in [0.1, 0.15) is 11.2 Å². The van der Waals surface area contributed by atoms with Gasteiger partial charge in [-0.2, -0.15) is 0 Å². The minimum absolute atomic E-state index is 0.695. The molecule has 0 saturated heterocycles. The Hall–Kier alpha value is -8.76. The van der Waals surface area contributed by atoms with Crippen molar-refractivity contribution in [1.29, 1.82) is 0 Å². The van der Waals surface area contributed by atoms with Gasteiger partial charge in [0.2, 0.25) is 0 Å². The van der Waals surface area contributed by atoms with Gasteiger partial charge in [-0.05, 0) is 127 Å². The summed E-state index contributed by atoms with van der Waals surface area (Å²) < 4.78 is 9.23. The average molecular weight is 910 g/mol. The summed E-state index contributed by atoms with van der Waals surface area (Å²) in [6.07, 6.45) is 0. The Morgan fingerprint density at radius 3 is 1.56 bits per heavy atom. The van der Waals surface area contributed by atoms with Crippen LogP contribution in [0.25, 0.3) is 86.6 Å². The number of para-hydroxylation sites is 1. The molecular weight excluding hydrogens is 867 g/mol. The van der Waals surface area contributed by atoms with Crippen LogP contribution in [0.3, 0.4) is 0 Å². The third kappa shape index (κ3) is 6.19. The van der Waals surface area contributed by atoms with Crippen LogP contribution in [0.4, 0.5) is 17.1 Å². The van der Waals surface area contributed by atoms with Crippen LogP contribution in [-0.2, 0) is 5.41 Å². The highest BCUT2D eigenvalue weighted by Crippen LogP contribution is 2.59. The molecule has 1 aliphatic carbocycles. The van der Waals surface area contributed by atoms with Gasteiger partial charge in [0.05, 0.1) is 11.1 Å². The minimum Gasteiger partial charge on any atom is -0.456 e. The Balaban J connectivity index is 1.08. The molecule has 2 nitrogen and oxygen atoms in total. The normalized spacial score (nSPS) is 12.7. The first-order chi connectivity index (χ1) is 34.7. The first-order valence-electron chi connectivity index (χ1n) is 24.0. The van der Waals surface area contributed by atoms with E-state index < -0.39 is 5.41 Å². The van der Waals surface area contributed by atoms with Crippen LogP contribution in [0.1, 0.15) is 22.3 Å². The molecule has 0 atom stereocenters. The maximum absolute atomic E-state index is 6.70. The van der Waals surface area contributed by atoms with Crippen molar-refractivity contribution in [3.8, 4) is 44.5 Å². The van der Waals surface area contributed by atoms with Crippen LogP contribution in [0.2, 0.25) is 0 Å². The number of thiophene rings is 1. The van der Waals surface area contributed by atoms with E-state index in [1.807, 2.05) is 11.3 Å². The van der Waals surface area contributed by atoms with Crippen molar-refractivity contribution in [2.24, 2.45) is 0 Å². The van der Waals surface area contributed by atoms with Crippen molar-refractivity contribution in [3.05, 3.63) is 283 Å². The molecule has 0 amide bonds. The molecular formula is C67H43NOS. The zero-order chi connectivity index (χ0) is 46.2. The second-order valence-corrected chi connectivity index (χ2v) is 19.4. The summed E-state index contributed by atoms with van der Waals surface area (Å²) in [5.74, 6) is 0. The van der Waals surface area contributed by atoms with Crippen LogP contribution in [0.15, 0.2) is 265 Å². The summed E-state index contributed by atoms with van der Waals surface area (Å²) in [6, 6.07) is 95.8. The summed E-state index contributed by atoms with van der Waals surface area (Å²) in [5, 5.41) is 4.70. The van der Waals surface area contributed by atoms with E-state index in [1.54, 1.807) is 0 Å². The zero-order valence-corrected chi connectivity index (χ0v) is 38.9. The first-order valence-corrected chi connectivity index (χ1v) is 24.8. The van der Waals surface area contributed by atoms with E-state index in [4.69, 9.17) is 4.42 Å². The van der Waals surface area contributed by atoms with Crippen molar-refractivity contribution in [2.45, 2.75) is 5.41 Å². The molecule has 0 aliphatic heterocycles. The van der Waals surface area contributed by atoms with Crippen molar-refractivity contribution < 1.29 is 4.42 Å². The molecule has 0 bridgehead atoms. The SMILES string of the molecule is c1ccc(-c2cccc(C3(c4ccccc4N(c4ccc5oc6cccc(-c7ccccc7)c6c5c4)c4ccc5sc6cccc(-c7ccccc7)c6c5c4)c4ccccc4-c4ccccc43)c2)cc1. The van der Waals surface area contributed by atoms with Gasteiger partial charge in [-0.15, -0.1) is 11.3 Å². The Bertz CT molecular complexity index is 3930. The third-order valence-electron chi connectivity index (χ3n) is 14.5. The predicted molar refractivity (Wildman–Crippen MR) is 295 cm³/mol. The van der Waals surface area contributed by atoms with Gasteiger partial charge in [-0.1, -0.05) is 200 Å². The van der Waals surface area contributed by atoms with E-state index in [2.05, 4.69) is 266 Å². The molecule has 2 heterocycles. The molecule has 13 aromatic rings. The van der Waals surface area contributed by atoms with E-state index in [0.29, 0.717) is 0 Å². The molecule has 328 valence electrons. The maximum Gasteiger partial charge on any atom is 0.136 e. The highest BCUT2D eigenvalue weighted by molar-refractivity contribution is 7.26. The molecule has 2 aromatic heterocycles. The molecule has 70 heavy (non-hydrogen) atoms. The summed E-state index contributed by atoms with van der Waals surface area (Å²) in [5.41, 5.74) is 18.8. The standard InChI is InChI=1S/C67H43NOS/c1-4-19-44(20-5-1)47-25-16-26-48(41-47)67(57-31-12-10-27-53(57)54-28-11-13-32-58(54)67)59-33-14-15-34-60(59)68(49-37-39-61-55(42-49)65-51(29-17-35-62(65)69-61)45-21-6-2-7-22-45)50-38-40-63-56(43-50)66-52(30-18-36-64(66)70-63)46-23-8-3-9-24-46/h1-43H. The second-order valence-electron chi connectivity index (χ2n) is 18.3. The van der Waals surface area contributed by atoms with Gasteiger partial charge in [0.15, 0.2) is 0 Å². The Kier molecular flexibility index (Phi) is 9.33. The fourth-order valence-corrected chi connectivity index (χ4v) is 12.7. The topological polar surface area (TPSA) is 16.4 Å². The quantitative estimate of drug-likeness (QED) is 0.151. The smallest absolute Gasteiger partial charge is 0.136 e. The Morgan fingerprint density at radius 2 is 0.857 bits per heavy atom. The van der Waals surface area contributed by atoms with Gasteiger partial charge in [0.25, 0.3) is 0 Å². The lowest BCUT2D eigenvalue weighted by Crippen LogP contribution is -2.30. The number of hydrogen-bond acceptors (Lipinski definition) is 3. The number of rotatable bonds is 8. The van der Waals surface area contributed by atoms with Gasteiger partial charge in [0, 0.05) is 42.3 Å². The number of anilines is 3. The van der Waals surface area contributed by atoms with E-state index in [0.717, 1.165) is 50.1 Å². The molecule has 3 heteroatoms. The second kappa shape index (κ2) is 16.2. The number of benzene rings is 11. The number of furan rings is 1. The van der Waals surface area contributed by atoms with E-state index in [-0.39, 0.29) is 0 Å². The lowest BCUT2D eigenvalue weighted by molar-refractivity contribution is 0.669. The van der Waals surface area contributed by atoms with E-state index >= 15 is 0 Å². The molecule has 0 radical (unpaired) electrons. The van der Waals surface area contributed by atoms with Crippen molar-refractivity contribution >= 4 is 70.5 Å².